The molecule has 0 aliphatic carbocycles. The van der Waals surface area contributed by atoms with Crippen molar-refractivity contribution in [3.63, 3.8) is 0 Å². The first-order valence-corrected chi connectivity index (χ1v) is 10.5. The fourth-order valence-corrected chi connectivity index (χ4v) is 3.67. The van der Waals surface area contributed by atoms with Crippen molar-refractivity contribution in [2.24, 2.45) is 0 Å². The minimum absolute atomic E-state index is 0.102. The molecule has 3 heterocycles. The van der Waals surface area contributed by atoms with Crippen LogP contribution in [-0.4, -0.2) is 33.1 Å². The molecule has 0 unspecified atom stereocenters. The number of anilines is 2. The summed E-state index contributed by atoms with van der Waals surface area (Å²) in [6.07, 6.45) is 2.92. The first kappa shape index (κ1) is 20.8. The van der Waals surface area contributed by atoms with Crippen LogP contribution < -0.4 is 10.2 Å². The van der Waals surface area contributed by atoms with E-state index < -0.39 is 0 Å². The van der Waals surface area contributed by atoms with Crippen LogP contribution in [-0.2, 0) is 16.6 Å². The van der Waals surface area contributed by atoms with Crippen molar-refractivity contribution in [2.45, 2.75) is 46.0 Å². The summed E-state index contributed by atoms with van der Waals surface area (Å²) >= 11 is 0. The van der Waals surface area contributed by atoms with E-state index in [0.717, 1.165) is 23.4 Å². The van der Waals surface area contributed by atoms with Crippen LogP contribution in [0.25, 0.3) is 5.82 Å². The summed E-state index contributed by atoms with van der Waals surface area (Å²) in [5.74, 6) is 1.08. The maximum atomic E-state index is 13.1. The van der Waals surface area contributed by atoms with Crippen molar-refractivity contribution in [1.29, 1.82) is 0 Å². The predicted molar refractivity (Wildman–Crippen MR) is 121 cm³/mol. The standard InChI is InChI=1S/C24H27N5O2/c1-5-22(30)28-13-11-16-14-17(9-10-18(16)28)23(31)26-21-15-19(24(2,3)4)27-29(21)20-8-6-7-12-25-20/h6-10,12,14-15H,5,11,13H2,1-4H3,(H,26,31). The number of hydrogen-bond donors (Lipinski definition) is 1. The van der Waals surface area contributed by atoms with Gasteiger partial charge in [-0.05, 0) is 42.3 Å². The molecule has 7 heteroatoms. The Hall–Kier alpha value is -3.48. The van der Waals surface area contributed by atoms with Gasteiger partial charge in [-0.15, -0.1) is 0 Å². The monoisotopic (exact) mass is 417 g/mol. The second kappa shape index (κ2) is 7.98. The molecule has 0 saturated heterocycles. The van der Waals surface area contributed by atoms with Crippen molar-refractivity contribution in [1.82, 2.24) is 14.8 Å². The number of nitrogens with zero attached hydrogens (tertiary/aromatic N) is 4. The number of nitrogens with one attached hydrogen (secondary N) is 1. The molecule has 31 heavy (non-hydrogen) atoms. The molecular formula is C24H27N5O2. The van der Waals surface area contributed by atoms with Gasteiger partial charge in [0.2, 0.25) is 5.91 Å². The summed E-state index contributed by atoms with van der Waals surface area (Å²) in [6, 6.07) is 13.0. The van der Waals surface area contributed by atoms with E-state index in [1.807, 2.05) is 43.3 Å². The van der Waals surface area contributed by atoms with Crippen LogP contribution in [0.5, 0.6) is 0 Å². The summed E-state index contributed by atoms with van der Waals surface area (Å²) in [5.41, 5.74) is 3.15. The topological polar surface area (TPSA) is 80.1 Å². The lowest BCUT2D eigenvalue weighted by molar-refractivity contribution is -0.118. The number of carbonyl (C=O) groups is 2. The molecule has 0 saturated carbocycles. The maximum Gasteiger partial charge on any atom is 0.256 e. The molecule has 1 aliphatic rings. The lowest BCUT2D eigenvalue weighted by Crippen LogP contribution is -2.27. The summed E-state index contributed by atoms with van der Waals surface area (Å²) in [6.45, 7) is 8.75. The van der Waals surface area contributed by atoms with Gasteiger partial charge < -0.3 is 10.2 Å². The molecule has 160 valence electrons. The Morgan fingerprint density at radius 3 is 2.61 bits per heavy atom. The van der Waals surface area contributed by atoms with E-state index in [0.29, 0.717) is 30.2 Å². The van der Waals surface area contributed by atoms with Gasteiger partial charge in [0.05, 0.1) is 5.69 Å². The van der Waals surface area contributed by atoms with Crippen LogP contribution in [0.15, 0.2) is 48.7 Å². The maximum absolute atomic E-state index is 13.1. The highest BCUT2D eigenvalue weighted by Gasteiger charge is 2.25. The molecular weight excluding hydrogens is 390 g/mol. The third-order valence-electron chi connectivity index (χ3n) is 5.43. The summed E-state index contributed by atoms with van der Waals surface area (Å²) in [7, 11) is 0. The zero-order valence-electron chi connectivity index (χ0n) is 18.3. The molecule has 2 aromatic heterocycles. The molecule has 0 fully saturated rings. The number of pyridine rings is 1. The SMILES string of the molecule is CCC(=O)N1CCc2cc(C(=O)Nc3cc(C(C)(C)C)nn3-c3ccccn3)ccc21. The van der Waals surface area contributed by atoms with Crippen molar-refractivity contribution >= 4 is 23.3 Å². The van der Waals surface area contributed by atoms with E-state index in [1.165, 1.54) is 0 Å². The van der Waals surface area contributed by atoms with Crippen LogP contribution in [0, 0.1) is 0 Å². The first-order valence-electron chi connectivity index (χ1n) is 10.5. The van der Waals surface area contributed by atoms with Crippen LogP contribution in [0.3, 0.4) is 0 Å². The number of carbonyl (C=O) groups excluding carboxylic acids is 2. The largest absolute Gasteiger partial charge is 0.312 e. The Morgan fingerprint density at radius 2 is 1.94 bits per heavy atom. The number of fused-ring (bicyclic) bond motifs is 1. The highest BCUT2D eigenvalue weighted by atomic mass is 16.2. The van der Waals surface area contributed by atoms with E-state index in [9.17, 15) is 9.59 Å². The molecule has 0 bridgehead atoms. The lowest BCUT2D eigenvalue weighted by Gasteiger charge is -2.16. The van der Waals surface area contributed by atoms with Gasteiger partial charge in [0.1, 0.15) is 5.82 Å². The minimum Gasteiger partial charge on any atom is -0.312 e. The molecule has 3 aromatic rings. The van der Waals surface area contributed by atoms with Gasteiger partial charge in [0.25, 0.3) is 5.91 Å². The average molecular weight is 418 g/mol. The van der Waals surface area contributed by atoms with Crippen LogP contribution in [0.1, 0.15) is 55.7 Å². The van der Waals surface area contributed by atoms with E-state index in [-0.39, 0.29) is 17.2 Å². The molecule has 1 N–H and O–H groups in total. The smallest absolute Gasteiger partial charge is 0.256 e. The van der Waals surface area contributed by atoms with Crippen molar-refractivity contribution < 1.29 is 9.59 Å². The van der Waals surface area contributed by atoms with Crippen LogP contribution in [0.4, 0.5) is 11.5 Å². The summed E-state index contributed by atoms with van der Waals surface area (Å²) < 4.78 is 1.66. The highest BCUT2D eigenvalue weighted by Crippen LogP contribution is 2.30. The Balaban J connectivity index is 1.63. The van der Waals surface area contributed by atoms with E-state index >= 15 is 0 Å². The molecule has 0 atom stereocenters. The molecule has 1 aromatic carbocycles. The van der Waals surface area contributed by atoms with E-state index in [4.69, 9.17) is 5.10 Å². The summed E-state index contributed by atoms with van der Waals surface area (Å²) in [5, 5.41) is 7.69. The third-order valence-corrected chi connectivity index (χ3v) is 5.43. The normalized spacial score (nSPS) is 13.2. The van der Waals surface area contributed by atoms with Gasteiger partial charge >= 0.3 is 0 Å². The quantitative estimate of drug-likeness (QED) is 0.693. The Labute approximate surface area is 182 Å². The van der Waals surface area contributed by atoms with Gasteiger partial charge in [0, 0.05) is 41.9 Å². The summed E-state index contributed by atoms with van der Waals surface area (Å²) in [4.78, 5) is 31.4. The highest BCUT2D eigenvalue weighted by molar-refractivity contribution is 6.05. The van der Waals surface area contributed by atoms with Crippen LogP contribution >= 0.6 is 0 Å². The van der Waals surface area contributed by atoms with Gasteiger partial charge in [0.15, 0.2) is 5.82 Å². The Morgan fingerprint density at radius 1 is 1.13 bits per heavy atom. The van der Waals surface area contributed by atoms with Gasteiger partial charge in [-0.3, -0.25) is 9.59 Å². The van der Waals surface area contributed by atoms with Gasteiger partial charge in [-0.2, -0.15) is 9.78 Å². The molecule has 1 aliphatic heterocycles. The number of rotatable bonds is 4. The number of aromatic nitrogens is 3. The number of amides is 2. The first-order chi connectivity index (χ1) is 14.8. The fraction of sp³-hybridized carbons (Fsp3) is 0.333. The third kappa shape index (κ3) is 4.08. The van der Waals surface area contributed by atoms with Crippen LogP contribution in [0.2, 0.25) is 0 Å². The number of benzene rings is 1. The van der Waals surface area contributed by atoms with E-state index in [2.05, 4.69) is 31.1 Å². The second-order valence-corrected chi connectivity index (χ2v) is 8.71. The lowest BCUT2D eigenvalue weighted by atomic mass is 9.92. The van der Waals surface area contributed by atoms with Gasteiger partial charge in [-0.25, -0.2) is 4.98 Å². The minimum atomic E-state index is -0.222. The number of hydrogen-bond acceptors (Lipinski definition) is 4. The Kier molecular flexibility index (Phi) is 5.35. The van der Waals surface area contributed by atoms with E-state index in [1.54, 1.807) is 21.8 Å². The zero-order valence-corrected chi connectivity index (χ0v) is 18.3. The molecule has 0 spiro atoms. The molecule has 4 rings (SSSR count). The van der Waals surface area contributed by atoms with Crippen molar-refractivity contribution in [3.05, 3.63) is 65.5 Å². The molecule has 0 radical (unpaired) electrons. The second-order valence-electron chi connectivity index (χ2n) is 8.71. The zero-order chi connectivity index (χ0) is 22.2. The molecule has 2 amide bonds. The fourth-order valence-electron chi connectivity index (χ4n) is 3.67. The van der Waals surface area contributed by atoms with Crippen molar-refractivity contribution in [3.8, 4) is 5.82 Å². The predicted octanol–water partition coefficient (Wildman–Crippen LogP) is 4.12. The molecule has 7 nitrogen and oxygen atoms in total. The van der Waals surface area contributed by atoms with Gasteiger partial charge in [-0.1, -0.05) is 33.8 Å². The van der Waals surface area contributed by atoms with Crippen molar-refractivity contribution in [2.75, 3.05) is 16.8 Å². The average Bonchev–Trinajstić information content (AvgIpc) is 3.37. The Bertz CT molecular complexity index is 1130.